The summed E-state index contributed by atoms with van der Waals surface area (Å²) >= 11 is 7.69. The Labute approximate surface area is 142 Å². The van der Waals surface area contributed by atoms with Crippen LogP contribution in [0.25, 0.3) is 10.6 Å². The molecule has 1 aromatic heterocycles. The fourth-order valence-electron chi connectivity index (χ4n) is 3.87. The first-order chi connectivity index (χ1) is 11.1. The van der Waals surface area contributed by atoms with Gasteiger partial charge in [-0.2, -0.15) is 0 Å². The van der Waals surface area contributed by atoms with E-state index in [2.05, 4.69) is 15.1 Å². The van der Waals surface area contributed by atoms with Crippen molar-refractivity contribution in [2.24, 2.45) is 11.3 Å². The van der Waals surface area contributed by atoms with Gasteiger partial charge < -0.3 is 10.0 Å². The minimum Gasteiger partial charge on any atom is -0.481 e. The van der Waals surface area contributed by atoms with Crippen LogP contribution in [0.2, 0.25) is 5.02 Å². The van der Waals surface area contributed by atoms with Crippen molar-refractivity contribution in [1.29, 1.82) is 0 Å². The van der Waals surface area contributed by atoms with Crippen molar-refractivity contribution in [3.05, 3.63) is 29.3 Å². The van der Waals surface area contributed by atoms with Crippen molar-refractivity contribution in [3.63, 3.8) is 0 Å². The van der Waals surface area contributed by atoms with Gasteiger partial charge in [-0.15, -0.1) is 10.2 Å². The van der Waals surface area contributed by atoms with E-state index in [9.17, 15) is 9.90 Å². The molecule has 4 rings (SSSR count). The van der Waals surface area contributed by atoms with Gasteiger partial charge in [-0.3, -0.25) is 4.79 Å². The molecule has 1 aliphatic heterocycles. The Morgan fingerprint density at radius 3 is 2.96 bits per heavy atom. The SMILES string of the molecule is O=C(O)[C@@]12CCC[C@H]1CN(c1nnc(-c3ccccc3Cl)s1)C2. The number of aliphatic carboxylic acids is 1. The minimum atomic E-state index is -0.668. The maximum Gasteiger partial charge on any atom is 0.311 e. The second-order valence-corrected chi connectivity index (χ2v) is 7.66. The van der Waals surface area contributed by atoms with Gasteiger partial charge in [0.15, 0.2) is 5.01 Å². The number of halogens is 1. The molecule has 0 amide bonds. The van der Waals surface area contributed by atoms with Crippen LogP contribution in [0.1, 0.15) is 19.3 Å². The van der Waals surface area contributed by atoms with E-state index in [-0.39, 0.29) is 5.92 Å². The van der Waals surface area contributed by atoms with Gasteiger partial charge in [0.25, 0.3) is 0 Å². The second kappa shape index (κ2) is 5.46. The standard InChI is InChI=1S/C16H16ClN3O2S/c17-12-6-2-1-5-11(12)13-18-19-15(23-13)20-8-10-4-3-7-16(10,9-20)14(21)22/h1-2,5-6,10H,3-4,7-9H2,(H,21,22)/t10-,16+/m0/s1. The number of anilines is 1. The molecule has 0 spiro atoms. The molecule has 7 heteroatoms. The number of carbonyl (C=O) groups is 1. The predicted molar refractivity (Wildman–Crippen MR) is 90.0 cm³/mol. The number of hydrogen-bond donors (Lipinski definition) is 1. The lowest BCUT2D eigenvalue weighted by Gasteiger charge is -2.22. The molecule has 2 fully saturated rings. The molecule has 2 heterocycles. The normalized spacial score (nSPS) is 26.5. The highest BCUT2D eigenvalue weighted by molar-refractivity contribution is 7.18. The lowest BCUT2D eigenvalue weighted by molar-refractivity contribution is -0.149. The Kier molecular flexibility index (Phi) is 3.54. The Morgan fingerprint density at radius 1 is 1.39 bits per heavy atom. The van der Waals surface area contributed by atoms with Crippen LogP contribution in [0.15, 0.2) is 24.3 Å². The monoisotopic (exact) mass is 349 g/mol. The zero-order valence-electron chi connectivity index (χ0n) is 12.4. The predicted octanol–water partition coefficient (Wildman–Crippen LogP) is 3.55. The summed E-state index contributed by atoms with van der Waals surface area (Å²) in [5.41, 5.74) is 0.265. The third kappa shape index (κ3) is 2.32. The van der Waals surface area contributed by atoms with E-state index in [0.29, 0.717) is 11.6 Å². The molecule has 1 aromatic carbocycles. The number of aromatic nitrogens is 2. The number of fused-ring (bicyclic) bond motifs is 1. The molecule has 0 radical (unpaired) electrons. The van der Waals surface area contributed by atoms with Gasteiger partial charge in [-0.25, -0.2) is 0 Å². The smallest absolute Gasteiger partial charge is 0.311 e. The van der Waals surface area contributed by atoms with Crippen LogP contribution >= 0.6 is 22.9 Å². The van der Waals surface area contributed by atoms with E-state index in [4.69, 9.17) is 11.6 Å². The maximum absolute atomic E-state index is 11.8. The largest absolute Gasteiger partial charge is 0.481 e. The van der Waals surface area contributed by atoms with E-state index in [0.717, 1.165) is 41.5 Å². The fourth-order valence-corrected chi connectivity index (χ4v) is 5.04. The summed E-state index contributed by atoms with van der Waals surface area (Å²) in [5, 5.41) is 20.4. The highest BCUT2D eigenvalue weighted by Crippen LogP contribution is 2.50. The quantitative estimate of drug-likeness (QED) is 0.917. The van der Waals surface area contributed by atoms with Crippen LogP contribution in [0.4, 0.5) is 5.13 Å². The number of carboxylic acids is 1. The molecule has 0 unspecified atom stereocenters. The number of carboxylic acid groups (broad SMARTS) is 1. The van der Waals surface area contributed by atoms with Crippen molar-refractivity contribution < 1.29 is 9.90 Å². The average molecular weight is 350 g/mol. The molecule has 2 aromatic rings. The molecular weight excluding hydrogens is 334 g/mol. The van der Waals surface area contributed by atoms with Crippen molar-refractivity contribution in [3.8, 4) is 10.6 Å². The van der Waals surface area contributed by atoms with Gasteiger partial charge in [0.1, 0.15) is 0 Å². The maximum atomic E-state index is 11.8. The van der Waals surface area contributed by atoms with Gasteiger partial charge in [0, 0.05) is 18.7 Å². The topological polar surface area (TPSA) is 66.3 Å². The molecule has 0 bridgehead atoms. The molecule has 1 saturated carbocycles. The highest BCUT2D eigenvalue weighted by Gasteiger charge is 2.55. The van der Waals surface area contributed by atoms with E-state index < -0.39 is 11.4 Å². The highest BCUT2D eigenvalue weighted by atomic mass is 35.5. The van der Waals surface area contributed by atoms with E-state index >= 15 is 0 Å². The summed E-state index contributed by atoms with van der Waals surface area (Å²) in [6, 6.07) is 7.55. The first-order valence-corrected chi connectivity index (χ1v) is 8.86. The lowest BCUT2D eigenvalue weighted by atomic mass is 9.81. The summed E-state index contributed by atoms with van der Waals surface area (Å²) in [6.07, 6.45) is 2.75. The minimum absolute atomic E-state index is 0.215. The molecule has 23 heavy (non-hydrogen) atoms. The van der Waals surface area contributed by atoms with Gasteiger partial charge in [0.2, 0.25) is 5.13 Å². The molecule has 1 saturated heterocycles. The third-order valence-corrected chi connectivity index (χ3v) is 6.43. The van der Waals surface area contributed by atoms with Crippen LogP contribution in [-0.4, -0.2) is 34.4 Å². The zero-order chi connectivity index (χ0) is 16.0. The molecule has 1 N–H and O–H groups in total. The van der Waals surface area contributed by atoms with Crippen LogP contribution in [0.5, 0.6) is 0 Å². The molecule has 1 aliphatic carbocycles. The van der Waals surface area contributed by atoms with Crippen molar-refractivity contribution >= 4 is 34.0 Å². The number of nitrogens with zero attached hydrogens (tertiary/aromatic N) is 3. The Bertz CT molecular complexity index is 765. The second-order valence-electron chi connectivity index (χ2n) is 6.30. The molecular formula is C16H16ClN3O2S. The first-order valence-electron chi connectivity index (χ1n) is 7.67. The summed E-state index contributed by atoms with van der Waals surface area (Å²) < 4.78 is 0. The zero-order valence-corrected chi connectivity index (χ0v) is 14.0. The number of benzene rings is 1. The molecule has 2 atom stereocenters. The van der Waals surface area contributed by atoms with E-state index in [1.165, 1.54) is 11.3 Å². The summed E-state index contributed by atoms with van der Waals surface area (Å²) in [5.74, 6) is -0.453. The lowest BCUT2D eigenvalue weighted by Crippen LogP contribution is -2.35. The van der Waals surface area contributed by atoms with Gasteiger partial charge in [0.05, 0.1) is 10.4 Å². The summed E-state index contributed by atoms with van der Waals surface area (Å²) in [7, 11) is 0. The van der Waals surface area contributed by atoms with Crippen LogP contribution in [-0.2, 0) is 4.79 Å². The van der Waals surface area contributed by atoms with E-state index in [1.54, 1.807) is 0 Å². The summed E-state index contributed by atoms with van der Waals surface area (Å²) in [6.45, 7) is 1.29. The number of rotatable bonds is 3. The van der Waals surface area contributed by atoms with Crippen molar-refractivity contribution in [1.82, 2.24) is 10.2 Å². The molecule has 5 nitrogen and oxygen atoms in total. The molecule has 120 valence electrons. The Morgan fingerprint density at radius 2 is 2.22 bits per heavy atom. The van der Waals surface area contributed by atoms with Crippen LogP contribution < -0.4 is 4.90 Å². The van der Waals surface area contributed by atoms with Crippen LogP contribution in [0.3, 0.4) is 0 Å². The molecule has 2 aliphatic rings. The average Bonchev–Trinajstić information content (AvgIpc) is 3.21. The van der Waals surface area contributed by atoms with Gasteiger partial charge in [-0.05, 0) is 24.8 Å². The van der Waals surface area contributed by atoms with Crippen molar-refractivity contribution in [2.45, 2.75) is 19.3 Å². The van der Waals surface area contributed by atoms with Crippen molar-refractivity contribution in [2.75, 3.05) is 18.0 Å². The fraction of sp³-hybridized carbons (Fsp3) is 0.438. The Hall–Kier alpha value is -1.66. The van der Waals surface area contributed by atoms with E-state index in [1.807, 2.05) is 24.3 Å². The Balaban J connectivity index is 1.62. The third-order valence-electron chi connectivity index (χ3n) is 5.09. The first kappa shape index (κ1) is 14.9. The van der Waals surface area contributed by atoms with Gasteiger partial charge in [-0.1, -0.05) is 47.6 Å². The number of hydrogen-bond acceptors (Lipinski definition) is 5. The van der Waals surface area contributed by atoms with Gasteiger partial charge >= 0.3 is 5.97 Å². The van der Waals surface area contributed by atoms with Crippen LogP contribution in [0, 0.1) is 11.3 Å². The summed E-state index contributed by atoms with van der Waals surface area (Å²) in [4.78, 5) is 13.9.